The molecule has 1 aliphatic rings. The molecule has 1 N–H and O–H groups in total. The smallest absolute Gasteiger partial charge is 0.118 e. The summed E-state index contributed by atoms with van der Waals surface area (Å²) in [6.07, 6.45) is 1.25. The first-order chi connectivity index (χ1) is 8.59. The highest BCUT2D eigenvalue weighted by molar-refractivity contribution is 8.00. The first kappa shape index (κ1) is 14.0. The number of nitrogens with zero attached hydrogens (tertiary/aromatic N) is 1. The molecular formula is C14H24N2OS. The standard InChI is InChI=1S/C14H24N2OS/c1-14(2)6-7-16(8-9-18-14)11-13-5-4-12(17-13)10-15-3/h4-5,15H,6-11H2,1-3H3. The maximum absolute atomic E-state index is 5.81. The SMILES string of the molecule is CNCc1ccc(CN2CCSC(C)(C)CC2)o1. The first-order valence-electron chi connectivity index (χ1n) is 6.67. The summed E-state index contributed by atoms with van der Waals surface area (Å²) < 4.78 is 6.23. The molecule has 0 radical (unpaired) electrons. The normalized spacial score (nSPS) is 20.8. The van der Waals surface area contributed by atoms with E-state index in [0.717, 1.165) is 31.2 Å². The van der Waals surface area contributed by atoms with Gasteiger partial charge in [0.05, 0.1) is 13.1 Å². The predicted molar refractivity (Wildman–Crippen MR) is 77.9 cm³/mol. The van der Waals surface area contributed by atoms with E-state index in [1.165, 1.54) is 18.7 Å². The van der Waals surface area contributed by atoms with Crippen LogP contribution >= 0.6 is 11.8 Å². The third kappa shape index (κ3) is 4.04. The van der Waals surface area contributed by atoms with E-state index < -0.39 is 0 Å². The van der Waals surface area contributed by atoms with Crippen LogP contribution in [0.2, 0.25) is 0 Å². The lowest BCUT2D eigenvalue weighted by molar-refractivity contribution is 0.250. The second-order valence-corrected chi connectivity index (χ2v) is 7.33. The number of hydrogen-bond acceptors (Lipinski definition) is 4. The van der Waals surface area contributed by atoms with Crippen LogP contribution in [0.3, 0.4) is 0 Å². The van der Waals surface area contributed by atoms with Crippen LogP contribution in [0.25, 0.3) is 0 Å². The molecule has 1 aromatic rings. The van der Waals surface area contributed by atoms with Gasteiger partial charge < -0.3 is 9.73 Å². The maximum atomic E-state index is 5.81. The van der Waals surface area contributed by atoms with Gasteiger partial charge in [0.15, 0.2) is 0 Å². The Morgan fingerprint density at radius 1 is 1.33 bits per heavy atom. The van der Waals surface area contributed by atoms with Crippen LogP contribution in [0.15, 0.2) is 16.5 Å². The van der Waals surface area contributed by atoms with Crippen molar-refractivity contribution in [2.75, 3.05) is 25.9 Å². The lowest BCUT2D eigenvalue weighted by atomic mass is 10.1. The average molecular weight is 268 g/mol. The van der Waals surface area contributed by atoms with Gasteiger partial charge >= 0.3 is 0 Å². The topological polar surface area (TPSA) is 28.4 Å². The third-order valence-electron chi connectivity index (χ3n) is 3.38. The number of hydrogen-bond donors (Lipinski definition) is 1. The number of nitrogens with one attached hydrogen (secondary N) is 1. The van der Waals surface area contributed by atoms with Gasteiger partial charge in [0, 0.05) is 17.0 Å². The molecule has 1 aromatic heterocycles. The van der Waals surface area contributed by atoms with E-state index in [0.29, 0.717) is 4.75 Å². The molecule has 2 heterocycles. The van der Waals surface area contributed by atoms with Gasteiger partial charge in [0.2, 0.25) is 0 Å². The molecule has 1 saturated heterocycles. The summed E-state index contributed by atoms with van der Waals surface area (Å²) >= 11 is 2.09. The van der Waals surface area contributed by atoms with E-state index >= 15 is 0 Å². The largest absolute Gasteiger partial charge is 0.463 e. The Kier molecular flexibility index (Phi) is 4.76. The van der Waals surface area contributed by atoms with Gasteiger partial charge in [-0.2, -0.15) is 11.8 Å². The number of rotatable bonds is 4. The van der Waals surface area contributed by atoms with Gasteiger partial charge in [-0.1, -0.05) is 13.8 Å². The molecule has 102 valence electrons. The summed E-state index contributed by atoms with van der Waals surface area (Å²) in [7, 11) is 1.94. The Bertz CT molecular complexity index is 376. The molecule has 0 unspecified atom stereocenters. The van der Waals surface area contributed by atoms with Crippen LogP contribution in [0, 0.1) is 0 Å². The van der Waals surface area contributed by atoms with E-state index in [4.69, 9.17) is 4.42 Å². The second kappa shape index (κ2) is 6.13. The highest BCUT2D eigenvalue weighted by atomic mass is 32.2. The fraction of sp³-hybridized carbons (Fsp3) is 0.714. The molecular weight excluding hydrogens is 244 g/mol. The van der Waals surface area contributed by atoms with Crippen molar-refractivity contribution in [2.45, 2.75) is 38.1 Å². The molecule has 0 atom stereocenters. The Labute approximate surface area is 114 Å². The second-order valence-electron chi connectivity index (χ2n) is 5.53. The van der Waals surface area contributed by atoms with Crippen molar-refractivity contribution < 1.29 is 4.42 Å². The van der Waals surface area contributed by atoms with Crippen LogP contribution in [0.1, 0.15) is 31.8 Å². The zero-order valence-corrected chi connectivity index (χ0v) is 12.5. The molecule has 1 aliphatic heterocycles. The van der Waals surface area contributed by atoms with Gasteiger partial charge in [-0.05, 0) is 32.1 Å². The quantitative estimate of drug-likeness (QED) is 0.909. The van der Waals surface area contributed by atoms with Crippen molar-refractivity contribution in [1.82, 2.24) is 10.2 Å². The van der Waals surface area contributed by atoms with Crippen LogP contribution in [0.4, 0.5) is 0 Å². The van der Waals surface area contributed by atoms with Crippen molar-refractivity contribution in [1.29, 1.82) is 0 Å². The molecule has 18 heavy (non-hydrogen) atoms. The van der Waals surface area contributed by atoms with Gasteiger partial charge in [0.25, 0.3) is 0 Å². The lowest BCUT2D eigenvalue weighted by Gasteiger charge is -2.22. The number of thioether (sulfide) groups is 1. The summed E-state index contributed by atoms with van der Waals surface area (Å²) in [6.45, 7) is 8.78. The minimum absolute atomic E-state index is 0.426. The minimum atomic E-state index is 0.426. The molecule has 0 amide bonds. The number of furan rings is 1. The van der Waals surface area contributed by atoms with E-state index in [2.05, 4.69) is 48.0 Å². The fourth-order valence-corrected chi connectivity index (χ4v) is 3.36. The van der Waals surface area contributed by atoms with Crippen molar-refractivity contribution >= 4 is 11.8 Å². The van der Waals surface area contributed by atoms with Gasteiger partial charge in [-0.25, -0.2) is 0 Å². The van der Waals surface area contributed by atoms with Crippen LogP contribution in [-0.4, -0.2) is 35.5 Å². The molecule has 0 aromatic carbocycles. The zero-order chi connectivity index (χ0) is 13.0. The van der Waals surface area contributed by atoms with Crippen molar-refractivity contribution in [3.63, 3.8) is 0 Å². The molecule has 0 spiro atoms. The van der Waals surface area contributed by atoms with Crippen molar-refractivity contribution in [2.24, 2.45) is 0 Å². The fourth-order valence-electron chi connectivity index (χ4n) is 2.22. The van der Waals surface area contributed by atoms with E-state index in [-0.39, 0.29) is 0 Å². The monoisotopic (exact) mass is 268 g/mol. The molecule has 0 bridgehead atoms. The third-order valence-corrected chi connectivity index (χ3v) is 4.75. The highest BCUT2D eigenvalue weighted by Crippen LogP contribution is 2.31. The summed E-state index contributed by atoms with van der Waals surface area (Å²) in [4.78, 5) is 2.50. The van der Waals surface area contributed by atoms with Gasteiger partial charge in [0.1, 0.15) is 11.5 Å². The minimum Gasteiger partial charge on any atom is -0.463 e. The Morgan fingerprint density at radius 2 is 2.11 bits per heavy atom. The maximum Gasteiger partial charge on any atom is 0.118 e. The van der Waals surface area contributed by atoms with E-state index in [9.17, 15) is 0 Å². The van der Waals surface area contributed by atoms with E-state index in [1.54, 1.807) is 0 Å². The summed E-state index contributed by atoms with van der Waals surface area (Å²) in [5.41, 5.74) is 0. The van der Waals surface area contributed by atoms with Crippen molar-refractivity contribution in [3.8, 4) is 0 Å². The van der Waals surface area contributed by atoms with E-state index in [1.807, 2.05) is 7.05 Å². The van der Waals surface area contributed by atoms with Crippen LogP contribution < -0.4 is 5.32 Å². The Balaban J connectivity index is 1.88. The lowest BCUT2D eigenvalue weighted by Crippen LogP contribution is -2.26. The zero-order valence-electron chi connectivity index (χ0n) is 11.7. The molecule has 4 heteroatoms. The highest BCUT2D eigenvalue weighted by Gasteiger charge is 2.23. The molecule has 0 aliphatic carbocycles. The molecule has 1 fully saturated rings. The van der Waals surface area contributed by atoms with Gasteiger partial charge in [-0.15, -0.1) is 0 Å². The molecule has 3 nitrogen and oxygen atoms in total. The predicted octanol–water partition coefficient (Wildman–Crippen LogP) is 2.72. The summed E-state index contributed by atoms with van der Waals surface area (Å²) in [5, 5.41) is 3.11. The molecule has 0 saturated carbocycles. The summed E-state index contributed by atoms with van der Waals surface area (Å²) in [6, 6.07) is 4.18. The van der Waals surface area contributed by atoms with Crippen LogP contribution in [-0.2, 0) is 13.1 Å². The summed E-state index contributed by atoms with van der Waals surface area (Å²) in [5.74, 6) is 3.33. The van der Waals surface area contributed by atoms with Crippen LogP contribution in [0.5, 0.6) is 0 Å². The van der Waals surface area contributed by atoms with Gasteiger partial charge in [-0.3, -0.25) is 4.90 Å². The average Bonchev–Trinajstić information content (AvgIpc) is 2.66. The van der Waals surface area contributed by atoms with Crippen molar-refractivity contribution in [3.05, 3.63) is 23.7 Å². The molecule has 2 rings (SSSR count). The Morgan fingerprint density at radius 3 is 2.89 bits per heavy atom. The Hall–Kier alpha value is -0.450. The first-order valence-corrected chi connectivity index (χ1v) is 7.66.